The van der Waals surface area contributed by atoms with E-state index in [4.69, 9.17) is 4.98 Å². The highest BCUT2D eigenvalue weighted by atomic mass is 32.1. The predicted octanol–water partition coefficient (Wildman–Crippen LogP) is 4.11. The van der Waals surface area contributed by atoms with Gasteiger partial charge < -0.3 is 25.1 Å². The number of piperazine rings is 1. The summed E-state index contributed by atoms with van der Waals surface area (Å²) < 4.78 is 0.976. The first kappa shape index (κ1) is 23.1. The molecule has 1 fully saturated rings. The largest absolute Gasteiger partial charge is 0.379 e. The van der Waals surface area contributed by atoms with Gasteiger partial charge in [-0.25, -0.2) is 4.98 Å². The maximum absolute atomic E-state index is 13.2. The summed E-state index contributed by atoms with van der Waals surface area (Å²) in [6, 6.07) is 8.19. The number of nitrogens with zero attached hydrogens (tertiary/aromatic N) is 4. The van der Waals surface area contributed by atoms with Crippen molar-refractivity contribution in [2.75, 3.05) is 57.0 Å². The Kier molecular flexibility index (Phi) is 6.52. The second kappa shape index (κ2) is 9.89. The fourth-order valence-electron chi connectivity index (χ4n) is 4.44. The highest BCUT2D eigenvalue weighted by Gasteiger charge is 2.20. The van der Waals surface area contributed by atoms with Crippen LogP contribution in [0.15, 0.2) is 63.7 Å². The van der Waals surface area contributed by atoms with Gasteiger partial charge in [0.25, 0.3) is 5.56 Å². The number of aromatic nitrogens is 3. The molecule has 4 aromatic rings. The van der Waals surface area contributed by atoms with Crippen LogP contribution in [-0.2, 0) is 0 Å². The summed E-state index contributed by atoms with van der Waals surface area (Å²) in [5, 5.41) is 5.45. The molecule has 8 nitrogen and oxygen atoms in total. The lowest BCUT2D eigenvalue weighted by atomic mass is 10.1. The molecule has 0 amide bonds. The van der Waals surface area contributed by atoms with Crippen molar-refractivity contribution in [3.8, 4) is 11.4 Å². The summed E-state index contributed by atoms with van der Waals surface area (Å²) in [7, 11) is 3.89. The van der Waals surface area contributed by atoms with Gasteiger partial charge in [-0.15, -0.1) is 11.3 Å². The lowest BCUT2D eigenvalue weighted by Crippen LogP contribution is -2.44. The number of allylic oxidation sites excluding steroid dienone is 2. The SMILES string of the molecule is C=C/C=C(\C=NC)CNc1c(-c2nc3ccc(N4CCN(C)CC4)cc3[nH]2)c(=O)[nH]c2ccsc12. The Morgan fingerprint density at radius 1 is 1.23 bits per heavy atom. The second-order valence-electron chi connectivity index (χ2n) is 8.66. The third kappa shape index (κ3) is 4.65. The van der Waals surface area contributed by atoms with Crippen molar-refractivity contribution in [2.24, 2.45) is 4.99 Å². The number of hydrogen-bond acceptors (Lipinski definition) is 7. The molecule has 0 atom stereocenters. The van der Waals surface area contributed by atoms with E-state index in [1.54, 1.807) is 30.7 Å². The molecular weight excluding hydrogens is 458 g/mol. The fraction of sp³-hybridized carbons (Fsp3) is 0.269. The van der Waals surface area contributed by atoms with E-state index in [0.29, 0.717) is 17.9 Å². The molecule has 0 aliphatic carbocycles. The highest BCUT2D eigenvalue weighted by Crippen LogP contribution is 2.34. The number of aromatic amines is 2. The van der Waals surface area contributed by atoms with E-state index in [2.05, 4.69) is 55.8 Å². The van der Waals surface area contributed by atoms with Crippen LogP contribution >= 0.6 is 11.3 Å². The monoisotopic (exact) mass is 487 g/mol. The quantitative estimate of drug-likeness (QED) is 0.270. The molecular formula is C26H29N7OS. The molecule has 3 N–H and O–H groups in total. The smallest absolute Gasteiger partial charge is 0.261 e. The third-order valence-corrected chi connectivity index (χ3v) is 7.22. The second-order valence-corrected chi connectivity index (χ2v) is 9.58. The van der Waals surface area contributed by atoms with Crippen LogP contribution in [0.25, 0.3) is 32.6 Å². The summed E-state index contributed by atoms with van der Waals surface area (Å²) in [5.41, 5.74) is 5.76. The Labute approximate surface area is 207 Å². The van der Waals surface area contributed by atoms with Gasteiger partial charge in [-0.05, 0) is 42.3 Å². The summed E-state index contributed by atoms with van der Waals surface area (Å²) in [6.45, 7) is 8.36. The number of imidazole rings is 1. The number of aliphatic imine (C=N–C) groups is 1. The van der Waals surface area contributed by atoms with Gasteiger partial charge in [-0.3, -0.25) is 9.79 Å². The van der Waals surface area contributed by atoms with E-state index in [1.165, 1.54) is 5.69 Å². The number of anilines is 2. The van der Waals surface area contributed by atoms with Crippen LogP contribution in [-0.4, -0.2) is 72.9 Å². The number of H-pyrrole nitrogens is 2. The molecule has 35 heavy (non-hydrogen) atoms. The lowest BCUT2D eigenvalue weighted by Gasteiger charge is -2.34. The molecule has 180 valence electrons. The average Bonchev–Trinajstić information content (AvgIpc) is 3.49. The van der Waals surface area contributed by atoms with Crippen molar-refractivity contribution in [1.82, 2.24) is 19.9 Å². The Morgan fingerprint density at radius 3 is 2.83 bits per heavy atom. The zero-order valence-corrected chi connectivity index (χ0v) is 20.8. The number of fused-ring (bicyclic) bond motifs is 2. The van der Waals surface area contributed by atoms with Gasteiger partial charge in [-0.1, -0.05) is 18.7 Å². The number of likely N-dealkylation sites (N-methyl/N-ethyl adjacent to an activating group) is 1. The van der Waals surface area contributed by atoms with Crippen LogP contribution in [0.5, 0.6) is 0 Å². The van der Waals surface area contributed by atoms with E-state index in [9.17, 15) is 4.79 Å². The van der Waals surface area contributed by atoms with Crippen LogP contribution in [0, 0.1) is 0 Å². The van der Waals surface area contributed by atoms with Crippen LogP contribution in [0.1, 0.15) is 0 Å². The molecule has 0 radical (unpaired) electrons. The Balaban J connectivity index is 1.55. The summed E-state index contributed by atoms with van der Waals surface area (Å²) >= 11 is 1.58. The minimum absolute atomic E-state index is 0.185. The summed E-state index contributed by atoms with van der Waals surface area (Å²) in [6.07, 6.45) is 5.42. The standard InChI is InChI=1S/C26H29N7OS/c1-4-5-17(15-27-2)16-28-23-22(26(34)31-20-8-13-35-24(20)23)25-29-19-7-6-18(14-21(19)30-25)33-11-9-32(3)10-12-33/h4-8,13-15H,1,9-12,16H2,2-3H3,(H,29,30)(H2,28,31,34)/b17-5+,27-15?. The van der Waals surface area contributed by atoms with E-state index in [0.717, 1.165) is 58.7 Å². The van der Waals surface area contributed by atoms with Gasteiger partial charge in [0.1, 0.15) is 11.4 Å². The van der Waals surface area contributed by atoms with Gasteiger partial charge >= 0.3 is 0 Å². The highest BCUT2D eigenvalue weighted by molar-refractivity contribution is 7.17. The first-order chi connectivity index (χ1) is 17.1. The van der Waals surface area contributed by atoms with Crippen molar-refractivity contribution in [3.63, 3.8) is 0 Å². The molecule has 1 aliphatic rings. The predicted molar refractivity (Wildman–Crippen MR) is 148 cm³/mol. The summed E-state index contributed by atoms with van der Waals surface area (Å²) in [5.74, 6) is 0.549. The molecule has 0 bridgehead atoms. The van der Waals surface area contributed by atoms with Gasteiger partial charge in [-0.2, -0.15) is 0 Å². The van der Waals surface area contributed by atoms with Crippen molar-refractivity contribution < 1.29 is 0 Å². The van der Waals surface area contributed by atoms with Gasteiger partial charge in [0.2, 0.25) is 0 Å². The van der Waals surface area contributed by atoms with Gasteiger partial charge in [0.05, 0.1) is 26.9 Å². The third-order valence-electron chi connectivity index (χ3n) is 6.28. The zero-order chi connectivity index (χ0) is 24.4. The molecule has 9 heteroatoms. The van der Waals surface area contributed by atoms with Crippen molar-refractivity contribution in [3.05, 3.63) is 64.3 Å². The molecule has 1 aliphatic heterocycles. The average molecular weight is 488 g/mol. The number of rotatable bonds is 7. The summed E-state index contributed by atoms with van der Waals surface area (Å²) in [4.78, 5) is 33.3. The first-order valence-electron chi connectivity index (χ1n) is 11.6. The zero-order valence-electron chi connectivity index (χ0n) is 20.0. The van der Waals surface area contributed by atoms with Crippen molar-refractivity contribution in [2.45, 2.75) is 0 Å². The molecule has 0 unspecified atom stereocenters. The molecule has 1 saturated heterocycles. The van der Waals surface area contributed by atoms with Crippen LogP contribution in [0.2, 0.25) is 0 Å². The molecule has 3 aromatic heterocycles. The van der Waals surface area contributed by atoms with Crippen LogP contribution in [0.3, 0.4) is 0 Å². The van der Waals surface area contributed by atoms with Crippen LogP contribution < -0.4 is 15.8 Å². The number of hydrogen-bond donors (Lipinski definition) is 3. The number of nitrogens with one attached hydrogen (secondary N) is 3. The molecule has 4 heterocycles. The fourth-order valence-corrected chi connectivity index (χ4v) is 5.32. The first-order valence-corrected chi connectivity index (χ1v) is 12.5. The number of thiophene rings is 1. The Morgan fingerprint density at radius 2 is 2.06 bits per heavy atom. The van der Waals surface area contributed by atoms with Crippen molar-refractivity contribution >= 4 is 50.2 Å². The molecule has 1 aromatic carbocycles. The van der Waals surface area contributed by atoms with E-state index in [1.807, 2.05) is 23.6 Å². The Hall–Kier alpha value is -3.69. The van der Waals surface area contributed by atoms with Gasteiger partial charge in [0.15, 0.2) is 0 Å². The lowest BCUT2D eigenvalue weighted by molar-refractivity contribution is 0.313. The molecule has 0 saturated carbocycles. The van der Waals surface area contributed by atoms with Crippen molar-refractivity contribution in [1.29, 1.82) is 0 Å². The molecule has 0 spiro atoms. The van der Waals surface area contributed by atoms with E-state index < -0.39 is 0 Å². The minimum Gasteiger partial charge on any atom is -0.379 e. The Bertz CT molecular complexity index is 1480. The topological polar surface area (TPSA) is 92.4 Å². The minimum atomic E-state index is -0.185. The van der Waals surface area contributed by atoms with E-state index in [-0.39, 0.29) is 5.56 Å². The van der Waals surface area contributed by atoms with E-state index >= 15 is 0 Å². The number of pyridine rings is 1. The number of benzene rings is 1. The maximum atomic E-state index is 13.2. The maximum Gasteiger partial charge on any atom is 0.261 e. The van der Waals surface area contributed by atoms with Crippen LogP contribution in [0.4, 0.5) is 11.4 Å². The normalized spacial score (nSPS) is 15.5. The molecule has 5 rings (SSSR count). The van der Waals surface area contributed by atoms with Gasteiger partial charge in [0, 0.05) is 51.7 Å².